The van der Waals surface area contributed by atoms with Crippen molar-refractivity contribution in [1.29, 1.82) is 0 Å². The number of cyclic esters (lactones) is 4. The monoisotopic (exact) mass is 326 g/mol. The molecule has 1 unspecified atom stereocenters. The number of allylic oxidation sites excluding steroid dienone is 1. The van der Waals surface area contributed by atoms with Crippen LogP contribution < -0.4 is 0 Å². The van der Waals surface area contributed by atoms with Crippen molar-refractivity contribution in [2.45, 2.75) is 63.9 Å². The Hall–Kier alpha value is -2.02. The van der Waals surface area contributed by atoms with E-state index >= 15 is 0 Å². The number of hydrogen-bond donors (Lipinski definition) is 1. The van der Waals surface area contributed by atoms with Crippen LogP contribution in [0.4, 0.5) is 0 Å². The topological polar surface area (TPSA) is 107 Å². The predicted octanol–water partition coefficient (Wildman–Crippen LogP) is 1.57. The Morgan fingerprint density at radius 1 is 1.00 bits per heavy atom. The minimum absolute atomic E-state index is 0.358. The maximum atomic E-state index is 11.9. The standard InChI is InChI=1S/C16H22O7/c1-2-3-4-5-6-7-10-16(21)11-14(19)22-12(17)8-9-13(18)23-15(16)20/h7,10,21H,2-6,8-9,11H2,1H3/b10-7+. The van der Waals surface area contributed by atoms with E-state index < -0.39 is 42.3 Å². The van der Waals surface area contributed by atoms with Gasteiger partial charge in [-0.2, -0.15) is 0 Å². The second-order valence-electron chi connectivity index (χ2n) is 5.46. The highest BCUT2D eigenvalue weighted by Gasteiger charge is 2.40. The molecule has 0 spiro atoms. The molecular formula is C16H22O7. The van der Waals surface area contributed by atoms with Crippen LogP contribution in [0.1, 0.15) is 58.3 Å². The molecule has 0 aromatic heterocycles. The molecule has 1 aliphatic heterocycles. The van der Waals surface area contributed by atoms with Crippen molar-refractivity contribution in [1.82, 2.24) is 0 Å². The van der Waals surface area contributed by atoms with E-state index in [1.807, 2.05) is 0 Å². The number of aliphatic hydroxyl groups is 1. The molecule has 1 N–H and O–H groups in total. The first-order valence-electron chi connectivity index (χ1n) is 7.76. The van der Waals surface area contributed by atoms with Gasteiger partial charge in [-0.3, -0.25) is 14.4 Å². The summed E-state index contributed by atoms with van der Waals surface area (Å²) < 4.78 is 8.94. The van der Waals surface area contributed by atoms with Gasteiger partial charge < -0.3 is 14.6 Å². The summed E-state index contributed by atoms with van der Waals surface area (Å²) in [5.74, 6) is -4.12. The molecule has 1 saturated heterocycles. The Morgan fingerprint density at radius 3 is 2.30 bits per heavy atom. The van der Waals surface area contributed by atoms with E-state index in [2.05, 4.69) is 16.4 Å². The maximum Gasteiger partial charge on any atom is 0.350 e. The SMILES string of the molecule is CCCCCC/C=C/C1(O)CC(=O)OC(=O)CCC(=O)OC1=O. The lowest BCUT2D eigenvalue weighted by atomic mass is 9.98. The zero-order chi connectivity index (χ0) is 17.3. The lowest BCUT2D eigenvalue weighted by Gasteiger charge is -2.21. The van der Waals surface area contributed by atoms with Gasteiger partial charge in [0, 0.05) is 0 Å². The van der Waals surface area contributed by atoms with E-state index in [9.17, 15) is 24.3 Å². The summed E-state index contributed by atoms with van der Waals surface area (Å²) in [6.07, 6.45) is 5.82. The maximum absolute atomic E-state index is 11.9. The lowest BCUT2D eigenvalue weighted by molar-refractivity contribution is -0.179. The van der Waals surface area contributed by atoms with Crippen LogP contribution in [0.5, 0.6) is 0 Å². The van der Waals surface area contributed by atoms with E-state index in [1.165, 1.54) is 0 Å². The molecule has 0 radical (unpaired) electrons. The van der Waals surface area contributed by atoms with Gasteiger partial charge >= 0.3 is 23.9 Å². The van der Waals surface area contributed by atoms with E-state index in [0.29, 0.717) is 6.42 Å². The number of unbranched alkanes of at least 4 members (excludes halogenated alkanes) is 4. The highest BCUT2D eigenvalue weighted by Crippen LogP contribution is 2.19. The Kier molecular flexibility index (Phi) is 7.61. The van der Waals surface area contributed by atoms with Crippen LogP contribution in [0.3, 0.4) is 0 Å². The molecule has 128 valence electrons. The van der Waals surface area contributed by atoms with Crippen molar-refractivity contribution in [3.63, 3.8) is 0 Å². The van der Waals surface area contributed by atoms with E-state index in [0.717, 1.165) is 31.8 Å². The Balaban J connectivity index is 2.76. The molecule has 1 rings (SSSR count). The first kappa shape index (κ1) is 19.0. The fourth-order valence-electron chi connectivity index (χ4n) is 2.05. The summed E-state index contributed by atoms with van der Waals surface area (Å²) in [4.78, 5) is 46.2. The van der Waals surface area contributed by atoms with Crippen LogP contribution >= 0.6 is 0 Å². The van der Waals surface area contributed by atoms with Crippen molar-refractivity contribution in [2.24, 2.45) is 0 Å². The second-order valence-corrected chi connectivity index (χ2v) is 5.46. The molecule has 7 heteroatoms. The number of rotatable bonds is 6. The van der Waals surface area contributed by atoms with Gasteiger partial charge in [-0.25, -0.2) is 4.79 Å². The lowest BCUT2D eigenvalue weighted by Crippen LogP contribution is -2.42. The van der Waals surface area contributed by atoms with Crippen LogP contribution in [-0.4, -0.2) is 34.6 Å². The highest BCUT2D eigenvalue weighted by molar-refractivity contribution is 5.98. The Labute approximate surface area is 134 Å². The van der Waals surface area contributed by atoms with Gasteiger partial charge in [-0.05, 0) is 18.9 Å². The van der Waals surface area contributed by atoms with Gasteiger partial charge in [0.2, 0.25) is 0 Å². The summed E-state index contributed by atoms with van der Waals surface area (Å²) in [6, 6.07) is 0. The van der Waals surface area contributed by atoms with Crippen molar-refractivity contribution in [3.05, 3.63) is 12.2 Å². The molecular weight excluding hydrogens is 304 g/mol. The predicted molar refractivity (Wildman–Crippen MR) is 78.9 cm³/mol. The first-order valence-corrected chi connectivity index (χ1v) is 7.76. The zero-order valence-electron chi connectivity index (χ0n) is 13.2. The van der Waals surface area contributed by atoms with Crippen molar-refractivity contribution < 1.29 is 33.8 Å². The molecule has 23 heavy (non-hydrogen) atoms. The van der Waals surface area contributed by atoms with Gasteiger partial charge in [-0.15, -0.1) is 0 Å². The molecule has 7 nitrogen and oxygen atoms in total. The smallest absolute Gasteiger partial charge is 0.350 e. The van der Waals surface area contributed by atoms with Gasteiger partial charge in [0.1, 0.15) is 0 Å². The fraction of sp³-hybridized carbons (Fsp3) is 0.625. The zero-order valence-corrected chi connectivity index (χ0v) is 13.2. The van der Waals surface area contributed by atoms with E-state index in [1.54, 1.807) is 6.08 Å². The summed E-state index contributed by atoms with van der Waals surface area (Å²) in [5.41, 5.74) is -2.31. The summed E-state index contributed by atoms with van der Waals surface area (Å²) in [5, 5.41) is 10.3. The summed E-state index contributed by atoms with van der Waals surface area (Å²) in [6.45, 7) is 2.08. The molecule has 1 heterocycles. The largest absolute Gasteiger partial charge is 0.393 e. The highest BCUT2D eigenvalue weighted by atomic mass is 16.6. The third kappa shape index (κ3) is 6.73. The molecule has 0 saturated carbocycles. The number of carbonyl (C=O) groups excluding carboxylic acids is 4. The number of hydrogen-bond acceptors (Lipinski definition) is 7. The normalized spacial score (nSPS) is 23.7. The van der Waals surface area contributed by atoms with Crippen LogP contribution in [0.25, 0.3) is 0 Å². The first-order chi connectivity index (χ1) is 10.9. The summed E-state index contributed by atoms with van der Waals surface area (Å²) >= 11 is 0. The molecule has 1 atom stereocenters. The average Bonchev–Trinajstić information content (AvgIpc) is 2.47. The van der Waals surface area contributed by atoms with Gasteiger partial charge in [-0.1, -0.05) is 32.3 Å². The molecule has 0 aromatic carbocycles. The molecule has 0 aliphatic carbocycles. The number of carbonyl (C=O) groups is 4. The average molecular weight is 326 g/mol. The second kappa shape index (κ2) is 9.19. The van der Waals surface area contributed by atoms with Crippen molar-refractivity contribution >= 4 is 23.9 Å². The molecule has 1 fully saturated rings. The number of ether oxygens (including phenoxy) is 2. The minimum Gasteiger partial charge on any atom is -0.393 e. The van der Waals surface area contributed by atoms with Gasteiger partial charge in [0.15, 0.2) is 5.60 Å². The molecule has 0 aromatic rings. The van der Waals surface area contributed by atoms with E-state index in [-0.39, 0.29) is 6.42 Å². The number of esters is 4. The molecule has 1 aliphatic rings. The fourth-order valence-corrected chi connectivity index (χ4v) is 2.05. The Bertz CT molecular complexity index is 495. The summed E-state index contributed by atoms with van der Waals surface area (Å²) in [7, 11) is 0. The Morgan fingerprint density at radius 2 is 1.65 bits per heavy atom. The van der Waals surface area contributed by atoms with Crippen LogP contribution in [0, 0.1) is 0 Å². The quantitative estimate of drug-likeness (QED) is 0.341. The third-order valence-corrected chi connectivity index (χ3v) is 3.35. The van der Waals surface area contributed by atoms with Crippen LogP contribution in [0.15, 0.2) is 12.2 Å². The van der Waals surface area contributed by atoms with Crippen molar-refractivity contribution in [3.8, 4) is 0 Å². The third-order valence-electron chi connectivity index (χ3n) is 3.35. The van der Waals surface area contributed by atoms with Gasteiger partial charge in [0.25, 0.3) is 0 Å². The van der Waals surface area contributed by atoms with Crippen molar-refractivity contribution in [2.75, 3.05) is 0 Å². The van der Waals surface area contributed by atoms with Crippen LogP contribution in [-0.2, 0) is 28.7 Å². The van der Waals surface area contributed by atoms with E-state index in [4.69, 9.17) is 0 Å². The molecule has 0 bridgehead atoms. The minimum atomic E-state index is -2.31. The van der Waals surface area contributed by atoms with Gasteiger partial charge in [0.05, 0.1) is 19.3 Å². The van der Waals surface area contributed by atoms with Crippen LogP contribution in [0.2, 0.25) is 0 Å². The molecule has 0 amide bonds.